The average molecular weight is 259 g/mol. The molecule has 0 N–H and O–H groups in total. The largest absolute Gasteiger partial charge is 0.223 e. The lowest BCUT2D eigenvalue weighted by Crippen LogP contribution is -1.90. The van der Waals surface area contributed by atoms with E-state index in [1.54, 1.807) is 0 Å². The van der Waals surface area contributed by atoms with Gasteiger partial charge in [-0.05, 0) is 35.9 Å². The second-order valence-corrected chi connectivity index (χ2v) is 4.25. The fraction of sp³-hybridized carbons (Fsp3) is 0. The molecule has 0 bridgehead atoms. The van der Waals surface area contributed by atoms with Crippen molar-refractivity contribution in [2.24, 2.45) is 0 Å². The monoisotopic (exact) mass is 258 g/mol. The highest BCUT2D eigenvalue weighted by Gasteiger charge is 2.07. The van der Waals surface area contributed by atoms with Crippen molar-refractivity contribution in [2.75, 3.05) is 0 Å². The van der Waals surface area contributed by atoms with Gasteiger partial charge in [-0.15, -0.1) is 0 Å². The van der Waals surface area contributed by atoms with Crippen molar-refractivity contribution < 1.29 is 8.78 Å². The first-order chi connectivity index (χ1) is 7.65. The van der Waals surface area contributed by atoms with Crippen LogP contribution in [0.4, 0.5) is 8.78 Å². The highest BCUT2D eigenvalue weighted by atomic mass is 35.5. The molecule has 2 nitrogen and oxygen atoms in total. The zero-order valence-electron chi connectivity index (χ0n) is 7.82. The van der Waals surface area contributed by atoms with E-state index >= 15 is 0 Å². The summed E-state index contributed by atoms with van der Waals surface area (Å²) in [6.45, 7) is 0. The smallest absolute Gasteiger partial charge is 0.223 e. The molecule has 2 aromatic rings. The number of hydrogen-bond donors (Lipinski definition) is 0. The Morgan fingerprint density at radius 1 is 1.12 bits per heavy atom. The topological polar surface area (TPSA) is 25.8 Å². The molecule has 2 rings (SSSR count). The van der Waals surface area contributed by atoms with Gasteiger partial charge in [-0.1, -0.05) is 11.8 Å². The van der Waals surface area contributed by atoms with Crippen molar-refractivity contribution in [1.29, 1.82) is 0 Å². The predicted octanol–water partition coefficient (Wildman–Crippen LogP) is 3.56. The van der Waals surface area contributed by atoms with Gasteiger partial charge in [0.25, 0.3) is 0 Å². The fourth-order valence-electron chi connectivity index (χ4n) is 1.02. The normalized spacial score (nSPS) is 10.4. The first-order valence-electron chi connectivity index (χ1n) is 4.26. The van der Waals surface area contributed by atoms with Crippen LogP contribution in [0.25, 0.3) is 0 Å². The Morgan fingerprint density at radius 3 is 2.50 bits per heavy atom. The van der Waals surface area contributed by atoms with Crippen molar-refractivity contribution >= 4 is 23.4 Å². The molecule has 0 spiro atoms. The van der Waals surface area contributed by atoms with Gasteiger partial charge in [0.15, 0.2) is 5.82 Å². The lowest BCUT2D eigenvalue weighted by atomic mass is 10.4. The molecule has 0 saturated heterocycles. The van der Waals surface area contributed by atoms with Gasteiger partial charge < -0.3 is 0 Å². The first kappa shape index (κ1) is 11.3. The standard InChI is InChI=1S/C10H5ClF2N2S/c11-10-14-5-8(13)9(15-10)16-7-3-1-6(12)2-4-7/h1-5H. The molecule has 0 aliphatic carbocycles. The number of halogens is 3. The summed E-state index contributed by atoms with van der Waals surface area (Å²) in [4.78, 5) is 7.92. The molecule has 0 saturated carbocycles. The second kappa shape index (κ2) is 4.76. The first-order valence-corrected chi connectivity index (χ1v) is 5.46. The van der Waals surface area contributed by atoms with Crippen LogP contribution in [0.2, 0.25) is 5.28 Å². The maximum atomic E-state index is 13.3. The third-order valence-electron chi connectivity index (χ3n) is 1.71. The second-order valence-electron chi connectivity index (χ2n) is 2.85. The molecule has 82 valence electrons. The summed E-state index contributed by atoms with van der Waals surface area (Å²) in [7, 11) is 0. The number of benzene rings is 1. The van der Waals surface area contributed by atoms with E-state index < -0.39 is 5.82 Å². The Balaban J connectivity index is 2.26. The van der Waals surface area contributed by atoms with E-state index in [4.69, 9.17) is 11.6 Å². The summed E-state index contributed by atoms with van der Waals surface area (Å²) in [5.41, 5.74) is 0. The number of hydrogen-bond acceptors (Lipinski definition) is 3. The Bertz CT molecular complexity index is 505. The van der Waals surface area contributed by atoms with Crippen LogP contribution in [0.15, 0.2) is 40.4 Å². The van der Waals surface area contributed by atoms with E-state index in [-0.39, 0.29) is 16.1 Å². The summed E-state index contributed by atoms with van der Waals surface area (Å²) < 4.78 is 25.9. The Labute approximate surface area is 99.7 Å². The van der Waals surface area contributed by atoms with Crippen molar-refractivity contribution in [3.05, 3.63) is 47.4 Å². The predicted molar refractivity (Wildman–Crippen MR) is 57.5 cm³/mol. The van der Waals surface area contributed by atoms with Crippen LogP contribution in [0.1, 0.15) is 0 Å². The average Bonchev–Trinajstić information content (AvgIpc) is 2.27. The van der Waals surface area contributed by atoms with Crippen LogP contribution < -0.4 is 0 Å². The summed E-state index contributed by atoms with van der Waals surface area (Å²) >= 11 is 6.61. The highest BCUT2D eigenvalue weighted by Crippen LogP contribution is 2.28. The summed E-state index contributed by atoms with van der Waals surface area (Å²) in [5, 5.41) is 0.0950. The maximum Gasteiger partial charge on any atom is 0.223 e. The minimum absolute atomic E-state index is 0.0222. The third-order valence-corrected chi connectivity index (χ3v) is 2.88. The van der Waals surface area contributed by atoms with E-state index in [9.17, 15) is 8.78 Å². The molecule has 6 heteroatoms. The molecular weight excluding hydrogens is 254 g/mol. The molecule has 1 heterocycles. The van der Waals surface area contributed by atoms with Gasteiger partial charge in [0.2, 0.25) is 5.28 Å². The molecule has 0 radical (unpaired) electrons. The Hall–Kier alpha value is -1.20. The van der Waals surface area contributed by atoms with E-state index in [2.05, 4.69) is 9.97 Å². The van der Waals surface area contributed by atoms with Gasteiger partial charge in [0.1, 0.15) is 10.8 Å². The molecule has 0 fully saturated rings. The maximum absolute atomic E-state index is 13.3. The molecule has 16 heavy (non-hydrogen) atoms. The number of rotatable bonds is 2. The molecular formula is C10H5ClF2N2S. The van der Waals surface area contributed by atoms with E-state index in [0.29, 0.717) is 4.90 Å². The third kappa shape index (κ3) is 2.68. The van der Waals surface area contributed by atoms with E-state index in [1.165, 1.54) is 24.3 Å². The fourth-order valence-corrected chi connectivity index (χ4v) is 1.98. The van der Waals surface area contributed by atoms with Crippen molar-refractivity contribution in [3.63, 3.8) is 0 Å². The SMILES string of the molecule is Fc1ccc(Sc2nc(Cl)ncc2F)cc1. The molecule has 0 amide bonds. The van der Waals surface area contributed by atoms with Crippen molar-refractivity contribution in [1.82, 2.24) is 9.97 Å². The van der Waals surface area contributed by atoms with Gasteiger partial charge >= 0.3 is 0 Å². The zero-order chi connectivity index (χ0) is 11.5. The lowest BCUT2D eigenvalue weighted by molar-refractivity contribution is 0.579. The minimum atomic E-state index is -0.557. The van der Waals surface area contributed by atoms with Crippen LogP contribution in [-0.2, 0) is 0 Å². The van der Waals surface area contributed by atoms with Gasteiger partial charge in [-0.3, -0.25) is 0 Å². The molecule has 0 atom stereocenters. The van der Waals surface area contributed by atoms with Crippen molar-refractivity contribution in [2.45, 2.75) is 9.92 Å². The van der Waals surface area contributed by atoms with Crippen LogP contribution in [0, 0.1) is 11.6 Å². The van der Waals surface area contributed by atoms with Crippen molar-refractivity contribution in [3.8, 4) is 0 Å². The van der Waals surface area contributed by atoms with Gasteiger partial charge in [0, 0.05) is 4.90 Å². The number of aromatic nitrogens is 2. The summed E-state index contributed by atoms with van der Waals surface area (Å²) in [5.74, 6) is -0.899. The van der Waals surface area contributed by atoms with Gasteiger partial charge in [0.05, 0.1) is 6.20 Å². The molecule has 0 aliphatic heterocycles. The highest BCUT2D eigenvalue weighted by molar-refractivity contribution is 7.99. The van der Waals surface area contributed by atoms with Crippen LogP contribution >= 0.6 is 23.4 Å². The molecule has 0 aliphatic rings. The Kier molecular flexibility index (Phi) is 3.36. The van der Waals surface area contributed by atoms with Crippen LogP contribution in [0.3, 0.4) is 0 Å². The number of nitrogens with zero attached hydrogens (tertiary/aromatic N) is 2. The quantitative estimate of drug-likeness (QED) is 0.608. The molecule has 1 aromatic heterocycles. The molecule has 1 aromatic carbocycles. The van der Waals surface area contributed by atoms with E-state index in [1.807, 2.05) is 0 Å². The zero-order valence-corrected chi connectivity index (χ0v) is 9.40. The lowest BCUT2D eigenvalue weighted by Gasteiger charge is -2.01. The van der Waals surface area contributed by atoms with Gasteiger partial charge in [-0.25, -0.2) is 18.7 Å². The van der Waals surface area contributed by atoms with E-state index in [0.717, 1.165) is 18.0 Å². The summed E-state index contributed by atoms with van der Waals surface area (Å²) in [6, 6.07) is 5.66. The minimum Gasteiger partial charge on any atom is -0.223 e. The Morgan fingerprint density at radius 2 is 1.81 bits per heavy atom. The molecule has 0 unspecified atom stereocenters. The van der Waals surface area contributed by atoms with Gasteiger partial charge in [-0.2, -0.15) is 0 Å². The van der Waals surface area contributed by atoms with Crippen LogP contribution in [0.5, 0.6) is 0 Å². The summed E-state index contributed by atoms with van der Waals surface area (Å²) in [6.07, 6.45) is 1.00. The van der Waals surface area contributed by atoms with Crippen LogP contribution in [-0.4, -0.2) is 9.97 Å².